The molecule has 1 aromatic heterocycles. The SMILES string of the molecule is O=S(=O)(c1ccc(F)cc1)c1cnn(S(=O)(=O)c2ccc(F)cc2)c1-c1ccccc1. The third kappa shape index (κ3) is 3.75. The minimum absolute atomic E-state index is 0.186. The second kappa shape index (κ2) is 7.71. The summed E-state index contributed by atoms with van der Waals surface area (Å²) in [5.74, 6) is -1.24. The first-order chi connectivity index (χ1) is 14.7. The van der Waals surface area contributed by atoms with Crippen molar-refractivity contribution in [1.82, 2.24) is 9.19 Å². The molecule has 3 aromatic carbocycles. The summed E-state index contributed by atoms with van der Waals surface area (Å²) >= 11 is 0. The largest absolute Gasteiger partial charge is 0.283 e. The molecule has 0 spiro atoms. The Morgan fingerprint density at radius 3 is 1.74 bits per heavy atom. The maximum atomic E-state index is 13.3. The van der Waals surface area contributed by atoms with Crippen molar-refractivity contribution in [3.05, 3.63) is 96.7 Å². The van der Waals surface area contributed by atoms with Crippen molar-refractivity contribution in [1.29, 1.82) is 0 Å². The quantitative estimate of drug-likeness (QED) is 0.422. The van der Waals surface area contributed by atoms with E-state index in [0.29, 0.717) is 4.09 Å². The molecule has 1 heterocycles. The van der Waals surface area contributed by atoms with Crippen LogP contribution in [-0.2, 0) is 19.9 Å². The molecule has 0 N–H and O–H groups in total. The molecule has 0 unspecified atom stereocenters. The molecule has 31 heavy (non-hydrogen) atoms. The molecule has 10 heteroatoms. The third-order valence-electron chi connectivity index (χ3n) is 4.50. The van der Waals surface area contributed by atoms with Gasteiger partial charge in [0.1, 0.15) is 22.2 Å². The lowest BCUT2D eigenvalue weighted by molar-refractivity contribution is 0.580. The van der Waals surface area contributed by atoms with Gasteiger partial charge < -0.3 is 0 Å². The molecule has 4 rings (SSSR count). The van der Waals surface area contributed by atoms with Crippen LogP contribution < -0.4 is 0 Å². The highest BCUT2D eigenvalue weighted by Gasteiger charge is 2.31. The zero-order valence-corrected chi connectivity index (χ0v) is 17.3. The van der Waals surface area contributed by atoms with Gasteiger partial charge in [-0.15, -0.1) is 0 Å². The molecule has 0 saturated carbocycles. The Labute approximate surface area is 177 Å². The van der Waals surface area contributed by atoms with E-state index in [9.17, 15) is 25.6 Å². The number of hydrogen-bond donors (Lipinski definition) is 0. The smallest absolute Gasteiger partial charge is 0.218 e. The van der Waals surface area contributed by atoms with E-state index in [1.54, 1.807) is 18.2 Å². The molecule has 0 amide bonds. The van der Waals surface area contributed by atoms with Crippen LogP contribution in [0.5, 0.6) is 0 Å². The first kappa shape index (κ1) is 20.9. The van der Waals surface area contributed by atoms with Crippen LogP contribution in [0.25, 0.3) is 11.3 Å². The van der Waals surface area contributed by atoms with E-state index in [0.717, 1.165) is 54.7 Å². The Hall–Kier alpha value is -3.37. The number of halogens is 2. The highest BCUT2D eigenvalue weighted by Crippen LogP contribution is 2.33. The second-order valence-electron chi connectivity index (χ2n) is 6.48. The van der Waals surface area contributed by atoms with Gasteiger partial charge in [-0.1, -0.05) is 30.3 Å². The van der Waals surface area contributed by atoms with Gasteiger partial charge in [0.2, 0.25) is 9.84 Å². The Bertz CT molecular complexity index is 1360. The summed E-state index contributed by atoms with van der Waals surface area (Å²) in [6.45, 7) is 0. The molecule has 0 aliphatic rings. The monoisotopic (exact) mass is 460 g/mol. The first-order valence-corrected chi connectivity index (χ1v) is 11.8. The van der Waals surface area contributed by atoms with E-state index >= 15 is 0 Å². The molecule has 4 aromatic rings. The molecular formula is C21H14F2N2O4S2. The molecule has 0 aliphatic heterocycles. The average Bonchev–Trinajstić information content (AvgIpc) is 3.22. The summed E-state index contributed by atoms with van der Waals surface area (Å²) in [6, 6.07) is 16.3. The van der Waals surface area contributed by atoms with Gasteiger partial charge in [-0.2, -0.15) is 17.6 Å². The summed E-state index contributed by atoms with van der Waals surface area (Å²) in [5, 5.41) is 3.85. The molecular weight excluding hydrogens is 446 g/mol. The molecule has 6 nitrogen and oxygen atoms in total. The van der Waals surface area contributed by atoms with Gasteiger partial charge in [0, 0.05) is 5.56 Å². The average molecular weight is 460 g/mol. The standard InChI is InChI=1S/C21H14F2N2O4S2/c22-16-6-10-18(11-7-16)30(26,27)20-14-24-25(21(20)15-4-2-1-3-5-15)31(28,29)19-12-8-17(23)9-13-19/h1-14H. The Kier molecular flexibility index (Phi) is 5.19. The van der Waals surface area contributed by atoms with Crippen LogP contribution in [0.15, 0.2) is 99.7 Å². The van der Waals surface area contributed by atoms with Crippen molar-refractivity contribution in [2.75, 3.05) is 0 Å². The van der Waals surface area contributed by atoms with Crippen LogP contribution in [0, 0.1) is 11.6 Å². The highest BCUT2D eigenvalue weighted by molar-refractivity contribution is 7.92. The molecule has 0 aliphatic carbocycles. The minimum Gasteiger partial charge on any atom is -0.218 e. The van der Waals surface area contributed by atoms with Crippen LogP contribution in [-0.4, -0.2) is 26.0 Å². The van der Waals surface area contributed by atoms with Gasteiger partial charge in [0.05, 0.1) is 16.0 Å². The van der Waals surface area contributed by atoms with Crippen molar-refractivity contribution < 1.29 is 25.6 Å². The number of nitrogens with zero attached hydrogens (tertiary/aromatic N) is 2. The summed E-state index contributed by atoms with van der Waals surface area (Å²) in [5.41, 5.74) is 0.0978. The van der Waals surface area contributed by atoms with E-state index in [2.05, 4.69) is 5.10 Å². The zero-order valence-electron chi connectivity index (χ0n) is 15.7. The predicted octanol–water partition coefficient (Wildman–Crippen LogP) is 3.90. The van der Waals surface area contributed by atoms with Crippen molar-refractivity contribution in [3.8, 4) is 11.3 Å². The van der Waals surface area contributed by atoms with Gasteiger partial charge >= 0.3 is 0 Å². The maximum absolute atomic E-state index is 13.3. The lowest BCUT2D eigenvalue weighted by Gasteiger charge is -2.11. The number of rotatable bonds is 5. The minimum atomic E-state index is -4.35. The van der Waals surface area contributed by atoms with Gasteiger partial charge in [0.15, 0.2) is 0 Å². The van der Waals surface area contributed by atoms with E-state index in [4.69, 9.17) is 0 Å². The molecule has 0 radical (unpaired) electrons. The van der Waals surface area contributed by atoms with Crippen LogP contribution in [0.1, 0.15) is 0 Å². The lowest BCUT2D eigenvalue weighted by Crippen LogP contribution is -2.16. The van der Waals surface area contributed by atoms with Crippen molar-refractivity contribution in [2.45, 2.75) is 14.7 Å². The summed E-state index contributed by atoms with van der Waals surface area (Å²) < 4.78 is 80.0. The van der Waals surface area contributed by atoms with E-state index in [1.165, 1.54) is 12.1 Å². The fourth-order valence-corrected chi connectivity index (χ4v) is 5.74. The summed E-state index contributed by atoms with van der Waals surface area (Å²) in [7, 11) is -8.59. The Morgan fingerprint density at radius 2 is 1.19 bits per heavy atom. The second-order valence-corrected chi connectivity index (χ2v) is 10.2. The maximum Gasteiger partial charge on any atom is 0.283 e. The van der Waals surface area contributed by atoms with Crippen molar-refractivity contribution >= 4 is 19.9 Å². The van der Waals surface area contributed by atoms with Gasteiger partial charge in [-0.05, 0) is 48.5 Å². The van der Waals surface area contributed by atoms with E-state index in [-0.39, 0.29) is 25.9 Å². The van der Waals surface area contributed by atoms with Gasteiger partial charge in [0.25, 0.3) is 10.0 Å². The number of hydrogen-bond acceptors (Lipinski definition) is 5. The first-order valence-electron chi connectivity index (χ1n) is 8.86. The van der Waals surface area contributed by atoms with Crippen LogP contribution in [0.3, 0.4) is 0 Å². The zero-order chi connectivity index (χ0) is 22.2. The Morgan fingerprint density at radius 1 is 0.677 bits per heavy atom. The topological polar surface area (TPSA) is 86.1 Å². The highest BCUT2D eigenvalue weighted by atomic mass is 32.2. The number of benzene rings is 3. The van der Waals surface area contributed by atoms with Gasteiger partial charge in [-0.3, -0.25) is 0 Å². The summed E-state index contributed by atoms with van der Waals surface area (Å²) in [6.07, 6.45) is 0.933. The van der Waals surface area contributed by atoms with Crippen molar-refractivity contribution in [2.24, 2.45) is 0 Å². The van der Waals surface area contributed by atoms with E-state index in [1.807, 2.05) is 0 Å². The molecule has 0 atom stereocenters. The normalized spacial score (nSPS) is 12.1. The van der Waals surface area contributed by atoms with Gasteiger partial charge in [-0.25, -0.2) is 17.2 Å². The van der Waals surface area contributed by atoms with Crippen LogP contribution in [0.2, 0.25) is 0 Å². The number of sulfone groups is 1. The van der Waals surface area contributed by atoms with E-state index < -0.39 is 31.5 Å². The fraction of sp³-hybridized carbons (Fsp3) is 0. The molecule has 0 bridgehead atoms. The fourth-order valence-electron chi connectivity index (χ4n) is 2.99. The predicted molar refractivity (Wildman–Crippen MR) is 108 cm³/mol. The Balaban J connectivity index is 1.98. The lowest BCUT2D eigenvalue weighted by atomic mass is 10.2. The van der Waals surface area contributed by atoms with Crippen LogP contribution >= 0.6 is 0 Å². The summed E-state index contributed by atoms with van der Waals surface area (Å²) in [4.78, 5) is -0.847. The van der Waals surface area contributed by atoms with Crippen LogP contribution in [0.4, 0.5) is 8.78 Å². The third-order valence-corrected chi connectivity index (χ3v) is 7.88. The molecule has 158 valence electrons. The number of aromatic nitrogens is 2. The molecule has 0 saturated heterocycles. The van der Waals surface area contributed by atoms with Crippen molar-refractivity contribution in [3.63, 3.8) is 0 Å². The molecule has 0 fully saturated rings.